The SMILES string of the molecule is CCc1nncn1CCNC(=NCCCSC)N1CCN(Cc2cccc(C)c2)CC1.I. The molecule has 1 aromatic heterocycles. The lowest BCUT2D eigenvalue weighted by molar-refractivity contribution is 0.172. The lowest BCUT2D eigenvalue weighted by atomic mass is 10.1. The Balaban J connectivity index is 0.00000363. The predicted molar refractivity (Wildman–Crippen MR) is 146 cm³/mol. The van der Waals surface area contributed by atoms with Crippen molar-refractivity contribution in [3.8, 4) is 0 Å². The van der Waals surface area contributed by atoms with Gasteiger partial charge < -0.3 is 14.8 Å². The molecule has 1 aliphatic rings. The van der Waals surface area contributed by atoms with Gasteiger partial charge in [-0.2, -0.15) is 11.8 Å². The number of rotatable bonds is 10. The number of nitrogens with zero attached hydrogens (tertiary/aromatic N) is 6. The molecule has 9 heteroatoms. The van der Waals surface area contributed by atoms with E-state index in [4.69, 9.17) is 4.99 Å². The summed E-state index contributed by atoms with van der Waals surface area (Å²) in [4.78, 5) is 9.88. The minimum absolute atomic E-state index is 0. The average Bonchev–Trinajstić information content (AvgIpc) is 3.24. The van der Waals surface area contributed by atoms with Gasteiger partial charge >= 0.3 is 0 Å². The van der Waals surface area contributed by atoms with E-state index in [-0.39, 0.29) is 24.0 Å². The van der Waals surface area contributed by atoms with Crippen molar-refractivity contribution in [1.29, 1.82) is 0 Å². The molecule has 1 aliphatic heterocycles. The summed E-state index contributed by atoms with van der Waals surface area (Å²) in [5.74, 6) is 3.23. The highest BCUT2D eigenvalue weighted by atomic mass is 127. The van der Waals surface area contributed by atoms with Crippen LogP contribution in [-0.2, 0) is 19.5 Å². The number of thioether (sulfide) groups is 1. The van der Waals surface area contributed by atoms with Crippen LogP contribution in [0.3, 0.4) is 0 Å². The zero-order valence-corrected chi connectivity index (χ0v) is 22.8. The van der Waals surface area contributed by atoms with Gasteiger partial charge in [0, 0.05) is 58.8 Å². The van der Waals surface area contributed by atoms with Gasteiger partial charge in [-0.05, 0) is 30.9 Å². The molecule has 1 fully saturated rings. The van der Waals surface area contributed by atoms with Crippen molar-refractivity contribution in [2.24, 2.45) is 4.99 Å². The lowest BCUT2D eigenvalue weighted by Crippen LogP contribution is -2.52. The Morgan fingerprint density at radius 2 is 2.03 bits per heavy atom. The number of piperazine rings is 1. The molecule has 3 rings (SSSR count). The number of guanidine groups is 1. The molecule has 0 atom stereocenters. The summed E-state index contributed by atoms with van der Waals surface area (Å²) >= 11 is 1.88. The Bertz CT molecular complexity index is 818. The first-order valence-corrected chi connectivity index (χ1v) is 12.8. The first-order chi connectivity index (χ1) is 15.2. The summed E-state index contributed by atoms with van der Waals surface area (Å²) in [7, 11) is 0. The molecule has 1 saturated heterocycles. The van der Waals surface area contributed by atoms with Crippen LogP contribution in [-0.4, -0.2) is 81.8 Å². The van der Waals surface area contributed by atoms with E-state index in [2.05, 4.69) is 74.2 Å². The van der Waals surface area contributed by atoms with Crippen molar-refractivity contribution >= 4 is 41.7 Å². The van der Waals surface area contributed by atoms with Crippen molar-refractivity contribution < 1.29 is 0 Å². The van der Waals surface area contributed by atoms with E-state index in [1.807, 2.05) is 18.1 Å². The average molecular weight is 572 g/mol. The number of hydrogen-bond donors (Lipinski definition) is 1. The predicted octanol–water partition coefficient (Wildman–Crippen LogP) is 3.28. The molecule has 0 aliphatic carbocycles. The summed E-state index contributed by atoms with van der Waals surface area (Å²) in [5.41, 5.74) is 2.73. The molecule has 32 heavy (non-hydrogen) atoms. The summed E-state index contributed by atoms with van der Waals surface area (Å²) in [5, 5.41) is 11.8. The third kappa shape index (κ3) is 8.55. The topological polar surface area (TPSA) is 61.6 Å². The van der Waals surface area contributed by atoms with Crippen LogP contribution in [0.5, 0.6) is 0 Å². The monoisotopic (exact) mass is 571 g/mol. The fraction of sp³-hybridized carbons (Fsp3) is 0.609. The zero-order chi connectivity index (χ0) is 21.9. The largest absolute Gasteiger partial charge is 0.354 e. The molecule has 2 aromatic rings. The van der Waals surface area contributed by atoms with Crippen molar-refractivity contribution in [1.82, 2.24) is 29.9 Å². The first-order valence-electron chi connectivity index (χ1n) is 11.4. The van der Waals surface area contributed by atoms with Crippen molar-refractivity contribution in [2.45, 2.75) is 39.8 Å². The molecule has 0 amide bonds. The van der Waals surface area contributed by atoms with Gasteiger partial charge in [-0.15, -0.1) is 34.2 Å². The number of aryl methyl sites for hydroxylation is 2. The standard InChI is InChI=1S/C23H37N7S.HI/c1-4-22-27-26-19-30(22)11-10-25-23(24-9-6-16-31-3)29-14-12-28(13-15-29)18-21-8-5-7-20(2)17-21;/h5,7-8,17,19H,4,6,9-16,18H2,1-3H3,(H,24,25);1H. The Hall–Kier alpha value is -1.33. The van der Waals surface area contributed by atoms with Gasteiger partial charge in [0.1, 0.15) is 12.2 Å². The second kappa shape index (κ2) is 14.7. The highest BCUT2D eigenvalue weighted by Crippen LogP contribution is 2.11. The maximum absolute atomic E-state index is 4.93. The first kappa shape index (κ1) is 26.9. The van der Waals surface area contributed by atoms with Gasteiger partial charge in [-0.1, -0.05) is 36.8 Å². The lowest BCUT2D eigenvalue weighted by Gasteiger charge is -2.36. The van der Waals surface area contributed by atoms with Gasteiger partial charge in [-0.3, -0.25) is 9.89 Å². The van der Waals surface area contributed by atoms with Crippen LogP contribution < -0.4 is 5.32 Å². The summed E-state index contributed by atoms with van der Waals surface area (Å²) in [6.07, 6.45) is 5.99. The Labute approximate surface area is 214 Å². The second-order valence-electron chi connectivity index (χ2n) is 8.02. The van der Waals surface area contributed by atoms with E-state index in [1.54, 1.807) is 0 Å². The molecule has 0 unspecified atom stereocenters. The highest BCUT2D eigenvalue weighted by Gasteiger charge is 2.20. The fourth-order valence-corrected chi connectivity index (χ4v) is 4.29. The third-order valence-electron chi connectivity index (χ3n) is 5.58. The maximum Gasteiger partial charge on any atom is 0.194 e. The highest BCUT2D eigenvalue weighted by molar-refractivity contribution is 14.0. The van der Waals surface area contributed by atoms with E-state index < -0.39 is 0 Å². The van der Waals surface area contributed by atoms with Gasteiger partial charge in [-0.25, -0.2) is 0 Å². The van der Waals surface area contributed by atoms with Crippen molar-refractivity contribution in [3.63, 3.8) is 0 Å². The van der Waals surface area contributed by atoms with Crippen LogP contribution in [0.2, 0.25) is 0 Å². The maximum atomic E-state index is 4.93. The zero-order valence-electron chi connectivity index (χ0n) is 19.7. The Morgan fingerprint density at radius 1 is 1.22 bits per heavy atom. The normalized spacial score (nSPS) is 15.0. The smallest absolute Gasteiger partial charge is 0.194 e. The molecule has 0 bridgehead atoms. The number of halogens is 1. The third-order valence-corrected chi connectivity index (χ3v) is 6.27. The van der Waals surface area contributed by atoms with E-state index in [0.29, 0.717) is 0 Å². The molecule has 178 valence electrons. The van der Waals surface area contributed by atoms with E-state index in [0.717, 1.165) is 82.7 Å². The van der Waals surface area contributed by atoms with Gasteiger partial charge in [0.15, 0.2) is 5.96 Å². The van der Waals surface area contributed by atoms with E-state index in [9.17, 15) is 0 Å². The van der Waals surface area contributed by atoms with Crippen LogP contribution in [0.4, 0.5) is 0 Å². The van der Waals surface area contributed by atoms with Crippen LogP contribution in [0.25, 0.3) is 0 Å². The molecular weight excluding hydrogens is 533 g/mol. The minimum Gasteiger partial charge on any atom is -0.354 e. The van der Waals surface area contributed by atoms with Crippen LogP contribution in [0.15, 0.2) is 35.6 Å². The molecular formula is C23H38IN7S. The quantitative estimate of drug-likeness (QED) is 0.205. The number of hydrogen-bond acceptors (Lipinski definition) is 5. The molecule has 0 radical (unpaired) electrons. The van der Waals surface area contributed by atoms with Crippen LogP contribution in [0.1, 0.15) is 30.3 Å². The van der Waals surface area contributed by atoms with Gasteiger partial charge in [0.05, 0.1) is 0 Å². The fourth-order valence-electron chi connectivity index (χ4n) is 3.88. The number of aromatic nitrogens is 3. The van der Waals surface area contributed by atoms with Crippen LogP contribution >= 0.6 is 35.7 Å². The molecule has 2 heterocycles. The summed E-state index contributed by atoms with van der Waals surface area (Å²) in [6.45, 7) is 12.0. The summed E-state index contributed by atoms with van der Waals surface area (Å²) < 4.78 is 2.12. The van der Waals surface area contributed by atoms with E-state index >= 15 is 0 Å². The summed E-state index contributed by atoms with van der Waals surface area (Å²) in [6, 6.07) is 8.84. The molecule has 0 saturated carbocycles. The second-order valence-corrected chi connectivity index (χ2v) is 9.01. The van der Waals surface area contributed by atoms with Gasteiger partial charge in [0.2, 0.25) is 0 Å². The minimum atomic E-state index is 0. The van der Waals surface area contributed by atoms with Gasteiger partial charge in [0.25, 0.3) is 0 Å². The Kier molecular flexibility index (Phi) is 12.4. The van der Waals surface area contributed by atoms with Crippen LogP contribution in [0, 0.1) is 6.92 Å². The van der Waals surface area contributed by atoms with Crippen molar-refractivity contribution in [3.05, 3.63) is 47.5 Å². The van der Waals surface area contributed by atoms with Crippen molar-refractivity contribution in [2.75, 3.05) is 51.3 Å². The molecule has 1 N–H and O–H groups in total. The molecule has 0 spiro atoms. The number of nitrogens with one attached hydrogen (secondary N) is 1. The molecule has 7 nitrogen and oxygen atoms in total. The Morgan fingerprint density at radius 3 is 2.75 bits per heavy atom. The number of aliphatic imine (C=N–C) groups is 1. The van der Waals surface area contributed by atoms with E-state index in [1.165, 1.54) is 11.1 Å². The molecule has 1 aromatic carbocycles. The number of benzene rings is 1.